The number of pyridine rings is 1. The van der Waals surface area contributed by atoms with Gasteiger partial charge in [-0.2, -0.15) is 13.2 Å². The van der Waals surface area contributed by atoms with Crippen LogP contribution in [0.15, 0.2) is 40.2 Å². The van der Waals surface area contributed by atoms with Crippen LogP contribution in [0.4, 0.5) is 13.2 Å². The van der Waals surface area contributed by atoms with E-state index < -0.39 is 17.6 Å². The molecule has 30 heavy (non-hydrogen) atoms. The molecule has 3 rings (SSSR count). The van der Waals surface area contributed by atoms with E-state index in [-0.39, 0.29) is 30.6 Å². The lowest BCUT2D eigenvalue weighted by molar-refractivity contribution is -0.139. The van der Waals surface area contributed by atoms with Crippen LogP contribution in [0.25, 0.3) is 0 Å². The Morgan fingerprint density at radius 3 is 2.67 bits per heavy atom. The Hall–Kier alpha value is -2.09. The highest BCUT2D eigenvalue weighted by atomic mass is 127. The van der Waals surface area contributed by atoms with Crippen molar-refractivity contribution < 1.29 is 22.4 Å². The lowest BCUT2D eigenvalue weighted by atomic mass is 10.2. The van der Waals surface area contributed by atoms with E-state index >= 15 is 0 Å². The van der Waals surface area contributed by atoms with Gasteiger partial charge < -0.3 is 19.5 Å². The SMILES string of the molecule is CN=C(NCCOc1ncccc1C(F)(F)F)N1CCN(Cc2ccon2)CC1.I. The molecule has 0 bridgehead atoms. The zero-order valence-corrected chi connectivity index (χ0v) is 18.8. The quantitative estimate of drug-likeness (QED) is 0.261. The molecule has 0 aliphatic carbocycles. The Bertz CT molecular complexity index is 795. The first kappa shape index (κ1) is 24.2. The minimum Gasteiger partial charge on any atom is -0.475 e. The van der Waals surface area contributed by atoms with Gasteiger partial charge in [0.05, 0.1) is 12.2 Å². The maximum absolute atomic E-state index is 13.0. The number of aromatic nitrogens is 2. The molecular formula is C18H24F3IN6O2. The van der Waals surface area contributed by atoms with E-state index in [0.29, 0.717) is 12.5 Å². The molecule has 3 heterocycles. The molecule has 8 nitrogen and oxygen atoms in total. The van der Waals surface area contributed by atoms with Crippen molar-refractivity contribution in [2.75, 3.05) is 46.4 Å². The van der Waals surface area contributed by atoms with Gasteiger partial charge in [0.25, 0.3) is 0 Å². The normalized spacial score (nSPS) is 15.6. The molecule has 0 saturated carbocycles. The van der Waals surface area contributed by atoms with Crippen LogP contribution in [0.5, 0.6) is 5.88 Å². The molecule has 1 N–H and O–H groups in total. The Kier molecular flexibility index (Phi) is 9.14. The second-order valence-electron chi connectivity index (χ2n) is 6.43. The standard InChI is InChI=1S/C18H23F3N6O2.HI/c1-22-17(27-9-7-26(8-10-27)13-14-4-11-29-25-14)24-6-12-28-16-15(18(19,20)21)3-2-5-23-16;/h2-5,11H,6-10,12-13H2,1H3,(H,22,24);1H. The summed E-state index contributed by atoms with van der Waals surface area (Å²) in [5.41, 5.74) is 0.0125. The highest BCUT2D eigenvalue weighted by Crippen LogP contribution is 2.34. The van der Waals surface area contributed by atoms with Crippen LogP contribution in [0, 0.1) is 0 Å². The van der Waals surface area contributed by atoms with Gasteiger partial charge in [-0.25, -0.2) is 4.98 Å². The third kappa shape index (κ3) is 6.72. The van der Waals surface area contributed by atoms with Crippen molar-refractivity contribution in [3.8, 4) is 5.88 Å². The molecule has 2 aromatic rings. The van der Waals surface area contributed by atoms with Gasteiger partial charge in [-0.1, -0.05) is 5.16 Å². The van der Waals surface area contributed by atoms with Gasteiger partial charge in [-0.15, -0.1) is 24.0 Å². The fourth-order valence-electron chi connectivity index (χ4n) is 3.03. The summed E-state index contributed by atoms with van der Waals surface area (Å²) in [6, 6.07) is 4.03. The molecule has 0 atom stereocenters. The summed E-state index contributed by atoms with van der Waals surface area (Å²) in [7, 11) is 1.67. The van der Waals surface area contributed by atoms with Crippen molar-refractivity contribution in [3.05, 3.63) is 41.9 Å². The minimum absolute atomic E-state index is 0. The van der Waals surface area contributed by atoms with Crippen molar-refractivity contribution >= 4 is 29.9 Å². The summed E-state index contributed by atoms with van der Waals surface area (Å²) in [5, 5.41) is 7.05. The fourth-order valence-corrected chi connectivity index (χ4v) is 3.03. The number of ether oxygens (including phenoxy) is 1. The van der Waals surface area contributed by atoms with E-state index in [2.05, 4.69) is 30.2 Å². The fraction of sp³-hybridized carbons (Fsp3) is 0.500. The number of aliphatic imine (C=N–C) groups is 1. The summed E-state index contributed by atoms with van der Waals surface area (Å²) >= 11 is 0. The molecule has 0 spiro atoms. The first-order chi connectivity index (χ1) is 14.0. The number of guanidine groups is 1. The Morgan fingerprint density at radius 1 is 1.27 bits per heavy atom. The number of nitrogens with one attached hydrogen (secondary N) is 1. The number of hydrogen-bond acceptors (Lipinski definition) is 6. The molecule has 1 saturated heterocycles. The first-order valence-corrected chi connectivity index (χ1v) is 9.19. The molecular weight excluding hydrogens is 516 g/mol. The molecule has 0 radical (unpaired) electrons. The summed E-state index contributed by atoms with van der Waals surface area (Å²) in [6.07, 6.45) is -1.67. The highest BCUT2D eigenvalue weighted by Gasteiger charge is 2.35. The molecule has 0 aromatic carbocycles. The maximum atomic E-state index is 13.0. The molecule has 1 aliphatic rings. The first-order valence-electron chi connectivity index (χ1n) is 9.19. The molecule has 1 aliphatic heterocycles. The second kappa shape index (κ2) is 11.3. The van der Waals surface area contributed by atoms with Crippen molar-refractivity contribution in [2.24, 2.45) is 4.99 Å². The van der Waals surface area contributed by atoms with Crippen LogP contribution >= 0.6 is 24.0 Å². The van der Waals surface area contributed by atoms with E-state index in [1.54, 1.807) is 13.3 Å². The zero-order valence-electron chi connectivity index (χ0n) is 16.4. The second-order valence-corrected chi connectivity index (χ2v) is 6.43. The highest BCUT2D eigenvalue weighted by molar-refractivity contribution is 14.0. The van der Waals surface area contributed by atoms with Crippen LogP contribution < -0.4 is 10.1 Å². The predicted octanol–water partition coefficient (Wildman–Crippen LogP) is 2.48. The molecule has 0 amide bonds. The minimum atomic E-state index is -4.50. The summed E-state index contributed by atoms with van der Waals surface area (Å²) in [6.45, 7) is 4.30. The average Bonchev–Trinajstić information content (AvgIpc) is 3.21. The van der Waals surface area contributed by atoms with Crippen molar-refractivity contribution in [1.29, 1.82) is 0 Å². The van der Waals surface area contributed by atoms with Gasteiger partial charge in [0.1, 0.15) is 18.4 Å². The molecule has 1 fully saturated rings. The van der Waals surface area contributed by atoms with Crippen LogP contribution in [0.1, 0.15) is 11.3 Å². The molecule has 0 unspecified atom stereocenters. The monoisotopic (exact) mass is 540 g/mol. The Morgan fingerprint density at radius 2 is 2.03 bits per heavy atom. The van der Waals surface area contributed by atoms with Gasteiger partial charge in [0.2, 0.25) is 5.88 Å². The van der Waals surface area contributed by atoms with E-state index in [4.69, 9.17) is 9.26 Å². The largest absolute Gasteiger partial charge is 0.475 e. The number of piperazine rings is 1. The van der Waals surface area contributed by atoms with E-state index in [0.717, 1.165) is 44.5 Å². The van der Waals surface area contributed by atoms with Gasteiger partial charge >= 0.3 is 6.18 Å². The number of hydrogen-bond donors (Lipinski definition) is 1. The number of rotatable bonds is 6. The zero-order chi connectivity index (χ0) is 20.7. The van der Waals surface area contributed by atoms with Crippen LogP contribution in [-0.2, 0) is 12.7 Å². The van der Waals surface area contributed by atoms with Crippen molar-refractivity contribution in [3.63, 3.8) is 0 Å². The summed E-state index contributed by atoms with van der Waals surface area (Å²) in [5.74, 6) is 0.269. The van der Waals surface area contributed by atoms with Crippen molar-refractivity contribution in [1.82, 2.24) is 25.3 Å². The molecule has 166 valence electrons. The topological polar surface area (TPSA) is 79.0 Å². The number of nitrogens with zero attached hydrogens (tertiary/aromatic N) is 5. The van der Waals surface area contributed by atoms with Gasteiger partial charge in [0.15, 0.2) is 5.96 Å². The Balaban J connectivity index is 0.00000320. The summed E-state index contributed by atoms with van der Waals surface area (Å²) in [4.78, 5) is 12.3. The van der Waals surface area contributed by atoms with Crippen LogP contribution in [0.3, 0.4) is 0 Å². The van der Waals surface area contributed by atoms with E-state index in [1.165, 1.54) is 12.3 Å². The lowest BCUT2D eigenvalue weighted by Gasteiger charge is -2.36. The van der Waals surface area contributed by atoms with Gasteiger partial charge in [0, 0.05) is 52.0 Å². The average molecular weight is 540 g/mol. The molecule has 12 heteroatoms. The Labute approximate surface area is 189 Å². The van der Waals surface area contributed by atoms with E-state index in [9.17, 15) is 13.2 Å². The van der Waals surface area contributed by atoms with Crippen molar-refractivity contribution in [2.45, 2.75) is 12.7 Å². The van der Waals surface area contributed by atoms with Gasteiger partial charge in [-0.05, 0) is 12.1 Å². The number of alkyl halides is 3. The predicted molar refractivity (Wildman–Crippen MR) is 115 cm³/mol. The maximum Gasteiger partial charge on any atom is 0.421 e. The third-order valence-electron chi connectivity index (χ3n) is 4.46. The molecule has 2 aromatic heterocycles. The smallest absolute Gasteiger partial charge is 0.421 e. The number of halogens is 4. The van der Waals surface area contributed by atoms with Gasteiger partial charge in [-0.3, -0.25) is 9.89 Å². The lowest BCUT2D eigenvalue weighted by Crippen LogP contribution is -2.52. The van der Waals surface area contributed by atoms with Crippen LogP contribution in [0.2, 0.25) is 0 Å². The third-order valence-corrected chi connectivity index (χ3v) is 4.46. The summed E-state index contributed by atoms with van der Waals surface area (Å²) < 4.78 is 49.0. The van der Waals surface area contributed by atoms with Crippen LogP contribution in [-0.4, -0.2) is 72.3 Å². The van der Waals surface area contributed by atoms with E-state index in [1.807, 2.05) is 6.07 Å².